The molecule has 0 radical (unpaired) electrons. The van der Waals surface area contributed by atoms with Crippen LogP contribution in [0.15, 0.2) is 41.8 Å². The number of sulfone groups is 1. The third-order valence-corrected chi connectivity index (χ3v) is 4.16. The fourth-order valence-electron chi connectivity index (χ4n) is 1.28. The van der Waals surface area contributed by atoms with Crippen LogP contribution in [0.2, 0.25) is 0 Å². The molecule has 0 N–H and O–H groups in total. The Labute approximate surface area is 96.2 Å². The highest BCUT2D eigenvalue weighted by atomic mass is 32.2. The minimum Gasteiger partial charge on any atom is -0.296 e. The highest BCUT2D eigenvalue weighted by molar-refractivity contribution is 7.92. The fraction of sp³-hybridized carbons (Fsp3) is 0.250. The van der Waals surface area contributed by atoms with Gasteiger partial charge >= 0.3 is 5.37 Å². The van der Waals surface area contributed by atoms with Gasteiger partial charge < -0.3 is 0 Å². The normalized spacial score (nSPS) is 12.8. The molecule has 0 aromatic heterocycles. The van der Waals surface area contributed by atoms with Crippen molar-refractivity contribution in [1.82, 2.24) is 0 Å². The first-order valence-corrected chi connectivity index (χ1v) is 6.35. The SMILES string of the molecule is [C-]#[N+][C@H](CC=C)S(=O)(=O)c1ccc(C)cc1. The Morgan fingerprint density at radius 2 is 2.00 bits per heavy atom. The van der Waals surface area contributed by atoms with Crippen molar-refractivity contribution >= 4 is 9.84 Å². The number of benzene rings is 1. The summed E-state index contributed by atoms with van der Waals surface area (Å²) in [7, 11) is -3.56. The van der Waals surface area contributed by atoms with Crippen molar-refractivity contribution in [3.8, 4) is 0 Å². The maximum atomic E-state index is 12.0. The van der Waals surface area contributed by atoms with E-state index in [1.807, 2.05) is 6.92 Å². The summed E-state index contributed by atoms with van der Waals surface area (Å²) in [5.74, 6) is 0. The molecule has 0 aliphatic heterocycles. The number of hydrogen-bond donors (Lipinski definition) is 0. The molecule has 0 saturated carbocycles. The van der Waals surface area contributed by atoms with E-state index in [9.17, 15) is 8.42 Å². The molecule has 1 aromatic carbocycles. The lowest BCUT2D eigenvalue weighted by Crippen LogP contribution is -2.17. The Morgan fingerprint density at radius 1 is 1.44 bits per heavy atom. The second-order valence-corrected chi connectivity index (χ2v) is 5.57. The number of aryl methyl sites for hydroxylation is 1. The van der Waals surface area contributed by atoms with Gasteiger partial charge in [0.2, 0.25) is 0 Å². The Balaban J connectivity index is 3.15. The summed E-state index contributed by atoms with van der Waals surface area (Å²) in [4.78, 5) is 3.33. The number of hydrogen-bond acceptors (Lipinski definition) is 2. The molecule has 0 bridgehead atoms. The van der Waals surface area contributed by atoms with Crippen LogP contribution in [0.4, 0.5) is 0 Å². The second kappa shape index (κ2) is 4.95. The monoisotopic (exact) mass is 235 g/mol. The van der Waals surface area contributed by atoms with Crippen molar-refractivity contribution in [3.63, 3.8) is 0 Å². The zero-order valence-electron chi connectivity index (χ0n) is 9.05. The van der Waals surface area contributed by atoms with E-state index in [4.69, 9.17) is 6.57 Å². The van der Waals surface area contributed by atoms with Crippen LogP contribution in [0.25, 0.3) is 4.85 Å². The lowest BCUT2D eigenvalue weighted by Gasteiger charge is -2.05. The van der Waals surface area contributed by atoms with Crippen molar-refractivity contribution in [1.29, 1.82) is 0 Å². The molecule has 0 aliphatic rings. The number of nitrogens with zero attached hydrogens (tertiary/aromatic N) is 1. The molecule has 0 aliphatic carbocycles. The molecule has 1 rings (SSSR count). The van der Waals surface area contributed by atoms with E-state index in [2.05, 4.69) is 11.4 Å². The van der Waals surface area contributed by atoms with Crippen LogP contribution in [0, 0.1) is 13.5 Å². The zero-order valence-corrected chi connectivity index (χ0v) is 9.87. The highest BCUT2D eigenvalue weighted by Crippen LogP contribution is 2.20. The molecule has 0 amide bonds. The van der Waals surface area contributed by atoms with Crippen molar-refractivity contribution in [3.05, 3.63) is 53.9 Å². The van der Waals surface area contributed by atoms with E-state index in [0.29, 0.717) is 0 Å². The maximum Gasteiger partial charge on any atom is 0.328 e. The average Bonchev–Trinajstić information content (AvgIpc) is 2.26. The molecule has 3 nitrogen and oxygen atoms in total. The van der Waals surface area contributed by atoms with E-state index in [-0.39, 0.29) is 11.3 Å². The van der Waals surface area contributed by atoms with Gasteiger partial charge in [0.25, 0.3) is 9.84 Å². The van der Waals surface area contributed by atoms with Gasteiger partial charge in [-0.3, -0.25) is 4.85 Å². The predicted octanol–water partition coefficient (Wildman–Crippen LogP) is 2.59. The second-order valence-electron chi connectivity index (χ2n) is 3.47. The summed E-state index contributed by atoms with van der Waals surface area (Å²) in [6.45, 7) is 12.3. The summed E-state index contributed by atoms with van der Waals surface area (Å²) < 4.78 is 24.0. The van der Waals surface area contributed by atoms with Crippen LogP contribution < -0.4 is 0 Å². The Hall–Kier alpha value is -1.60. The zero-order chi connectivity index (χ0) is 12.2. The smallest absolute Gasteiger partial charge is 0.296 e. The molecule has 0 saturated heterocycles. The van der Waals surface area contributed by atoms with Gasteiger partial charge in [0.05, 0.1) is 11.3 Å². The standard InChI is InChI=1S/C12H13NO2S/c1-4-5-12(13-3)16(14,15)11-8-6-10(2)7-9-11/h4,6-9,12H,1,5H2,2H3/t12-/m0/s1. The van der Waals surface area contributed by atoms with Gasteiger partial charge in [0.1, 0.15) is 0 Å². The summed E-state index contributed by atoms with van der Waals surface area (Å²) in [6.07, 6.45) is 1.61. The van der Waals surface area contributed by atoms with Crippen molar-refractivity contribution in [2.75, 3.05) is 0 Å². The van der Waals surface area contributed by atoms with Crippen LogP contribution in [0.1, 0.15) is 12.0 Å². The maximum absolute atomic E-state index is 12.0. The van der Waals surface area contributed by atoms with E-state index >= 15 is 0 Å². The fourth-order valence-corrected chi connectivity index (χ4v) is 2.63. The molecule has 0 heterocycles. The lowest BCUT2D eigenvalue weighted by molar-refractivity contribution is 0.588. The van der Waals surface area contributed by atoms with Crippen molar-refractivity contribution in [2.24, 2.45) is 0 Å². The van der Waals surface area contributed by atoms with Crippen LogP contribution in [0.5, 0.6) is 0 Å². The molecule has 1 aromatic rings. The Morgan fingerprint density at radius 3 is 2.44 bits per heavy atom. The quantitative estimate of drug-likeness (QED) is 0.594. The Bertz CT molecular complexity index is 509. The molecule has 0 fully saturated rings. The van der Waals surface area contributed by atoms with Crippen LogP contribution in [-0.4, -0.2) is 13.8 Å². The van der Waals surface area contributed by atoms with Crippen LogP contribution in [-0.2, 0) is 9.84 Å². The largest absolute Gasteiger partial charge is 0.328 e. The molecule has 0 spiro atoms. The van der Waals surface area contributed by atoms with E-state index < -0.39 is 15.2 Å². The van der Waals surface area contributed by atoms with Gasteiger partial charge in [-0.15, -0.1) is 6.58 Å². The lowest BCUT2D eigenvalue weighted by atomic mass is 10.2. The molecule has 0 unspecified atom stereocenters. The summed E-state index contributed by atoms with van der Waals surface area (Å²) >= 11 is 0. The van der Waals surface area contributed by atoms with E-state index in [0.717, 1.165) is 5.56 Å². The molecule has 84 valence electrons. The minimum absolute atomic E-state index is 0.152. The van der Waals surface area contributed by atoms with E-state index in [1.54, 1.807) is 12.1 Å². The van der Waals surface area contributed by atoms with E-state index in [1.165, 1.54) is 18.2 Å². The number of rotatable bonds is 4. The third kappa shape index (κ3) is 2.50. The summed E-state index contributed by atoms with van der Waals surface area (Å²) in [5.41, 5.74) is 0.988. The van der Waals surface area contributed by atoms with Gasteiger partial charge in [-0.2, -0.15) is 0 Å². The molecule has 16 heavy (non-hydrogen) atoms. The van der Waals surface area contributed by atoms with Crippen LogP contribution in [0.3, 0.4) is 0 Å². The molecular formula is C12H13NO2S. The van der Waals surface area contributed by atoms with Gasteiger partial charge in [0.15, 0.2) is 0 Å². The molecule has 1 atom stereocenters. The Kier molecular flexibility index (Phi) is 3.86. The van der Waals surface area contributed by atoms with Gasteiger partial charge in [-0.1, -0.05) is 23.8 Å². The average molecular weight is 235 g/mol. The highest BCUT2D eigenvalue weighted by Gasteiger charge is 2.30. The predicted molar refractivity (Wildman–Crippen MR) is 63.6 cm³/mol. The van der Waals surface area contributed by atoms with Crippen molar-refractivity contribution < 1.29 is 8.42 Å². The van der Waals surface area contributed by atoms with Gasteiger partial charge in [-0.25, -0.2) is 15.0 Å². The van der Waals surface area contributed by atoms with Gasteiger partial charge in [0, 0.05) is 0 Å². The molecular weight excluding hydrogens is 222 g/mol. The first-order chi connectivity index (χ1) is 7.52. The minimum atomic E-state index is -3.56. The summed E-state index contributed by atoms with van der Waals surface area (Å²) in [5, 5.41) is -1.06. The van der Waals surface area contributed by atoms with Crippen LogP contribution >= 0.6 is 0 Å². The molecule has 4 heteroatoms. The summed E-state index contributed by atoms with van der Waals surface area (Å²) in [6, 6.07) is 6.52. The van der Waals surface area contributed by atoms with Gasteiger partial charge in [-0.05, 0) is 19.1 Å². The van der Waals surface area contributed by atoms with Crippen molar-refractivity contribution in [2.45, 2.75) is 23.6 Å². The third-order valence-electron chi connectivity index (χ3n) is 2.22. The topological polar surface area (TPSA) is 38.5 Å². The first kappa shape index (κ1) is 12.5. The first-order valence-electron chi connectivity index (χ1n) is 4.80.